The van der Waals surface area contributed by atoms with Gasteiger partial charge in [0, 0.05) is 24.2 Å². The molecule has 3 aromatic rings. The van der Waals surface area contributed by atoms with Crippen molar-refractivity contribution in [1.29, 1.82) is 0 Å². The Morgan fingerprint density at radius 2 is 1.57 bits per heavy atom. The van der Waals surface area contributed by atoms with Crippen LogP contribution in [0.3, 0.4) is 0 Å². The Balaban J connectivity index is 1.57. The number of carbonyl (C=O) groups excluding carboxylic acids is 1. The van der Waals surface area contributed by atoms with Crippen molar-refractivity contribution in [1.82, 2.24) is 0 Å². The van der Waals surface area contributed by atoms with Crippen molar-refractivity contribution in [2.45, 2.75) is 44.6 Å². The average molecular weight is 567 g/mol. The Bertz CT molecular complexity index is 1410. The average Bonchev–Trinajstić information content (AvgIpc) is 2.88. The Kier molecular flexibility index (Phi) is 7.94. The maximum atomic E-state index is 13.4. The first kappa shape index (κ1) is 28.7. The van der Waals surface area contributed by atoms with Crippen LogP contribution < -0.4 is 15.0 Å². The lowest BCUT2D eigenvalue weighted by Crippen LogP contribution is -2.38. The zero-order valence-electron chi connectivity index (χ0n) is 21.0. The molecule has 4 rings (SSSR count). The third-order valence-electron chi connectivity index (χ3n) is 6.51. The molecule has 40 heavy (non-hydrogen) atoms. The lowest BCUT2D eigenvalue weighted by atomic mass is 10.0. The Morgan fingerprint density at radius 1 is 0.950 bits per heavy atom. The van der Waals surface area contributed by atoms with Crippen LogP contribution in [-0.4, -0.2) is 23.4 Å². The highest BCUT2D eigenvalue weighted by Crippen LogP contribution is 2.39. The lowest BCUT2D eigenvalue weighted by molar-refractivity contribution is -0.385. The fraction of sp³-hybridized carbons (Fsp3) is 0.296. The van der Waals surface area contributed by atoms with Crippen LogP contribution in [0.4, 0.5) is 43.4 Å². The zero-order chi connectivity index (χ0) is 29.2. The van der Waals surface area contributed by atoms with Crippen LogP contribution in [0.2, 0.25) is 0 Å². The van der Waals surface area contributed by atoms with Gasteiger partial charge in [0.2, 0.25) is 5.75 Å². The van der Waals surface area contributed by atoms with Crippen molar-refractivity contribution in [3.63, 3.8) is 0 Å². The van der Waals surface area contributed by atoms with Crippen LogP contribution in [0, 0.1) is 10.1 Å². The number of nitrogens with one attached hydrogen (secondary N) is 1. The van der Waals surface area contributed by atoms with E-state index in [1.165, 1.54) is 30.3 Å². The maximum Gasteiger partial charge on any atom is 0.416 e. The van der Waals surface area contributed by atoms with Gasteiger partial charge in [0.05, 0.1) is 27.4 Å². The minimum absolute atomic E-state index is 0.00530. The van der Waals surface area contributed by atoms with E-state index in [9.17, 15) is 41.3 Å². The first-order valence-electron chi connectivity index (χ1n) is 12.2. The fourth-order valence-electron chi connectivity index (χ4n) is 4.44. The number of alkyl halides is 6. The normalized spacial score (nSPS) is 16.0. The van der Waals surface area contributed by atoms with Crippen LogP contribution in [0.5, 0.6) is 11.5 Å². The molecular weight excluding hydrogens is 544 g/mol. The van der Waals surface area contributed by atoms with Gasteiger partial charge in [-0.3, -0.25) is 14.9 Å². The van der Waals surface area contributed by atoms with Crippen molar-refractivity contribution >= 4 is 23.0 Å². The van der Waals surface area contributed by atoms with Gasteiger partial charge >= 0.3 is 18.0 Å². The van der Waals surface area contributed by atoms with Crippen LogP contribution in [0.15, 0.2) is 60.7 Å². The first-order valence-corrected chi connectivity index (χ1v) is 12.2. The summed E-state index contributed by atoms with van der Waals surface area (Å²) >= 11 is 0. The molecule has 0 bridgehead atoms. The number of anilines is 2. The van der Waals surface area contributed by atoms with E-state index in [1.807, 2.05) is 11.8 Å². The third-order valence-corrected chi connectivity index (χ3v) is 6.51. The molecule has 212 valence electrons. The molecule has 0 spiro atoms. The monoisotopic (exact) mass is 567 g/mol. The Morgan fingerprint density at radius 3 is 2.17 bits per heavy atom. The van der Waals surface area contributed by atoms with Gasteiger partial charge in [-0.2, -0.15) is 26.3 Å². The first-order chi connectivity index (χ1) is 18.7. The number of nitro benzene ring substituents is 1. The summed E-state index contributed by atoms with van der Waals surface area (Å²) < 4.78 is 84.5. The molecule has 1 aliphatic rings. The molecule has 0 saturated carbocycles. The minimum atomic E-state index is -4.79. The number of hydrogen-bond donors (Lipinski definition) is 1. The summed E-state index contributed by atoms with van der Waals surface area (Å²) in [4.78, 5) is 25.2. The summed E-state index contributed by atoms with van der Waals surface area (Å²) in [5.41, 5.74) is -2.54. The second kappa shape index (κ2) is 11.1. The van der Waals surface area contributed by atoms with Crippen molar-refractivity contribution in [2.75, 3.05) is 16.8 Å². The number of ether oxygens (including phenoxy) is 1. The summed E-state index contributed by atoms with van der Waals surface area (Å²) in [5.74, 6) is -1.17. The molecule has 0 aromatic heterocycles. The van der Waals surface area contributed by atoms with Gasteiger partial charge in [0.1, 0.15) is 5.75 Å². The van der Waals surface area contributed by atoms with E-state index in [0.29, 0.717) is 24.4 Å². The highest BCUT2D eigenvalue weighted by Gasteiger charge is 2.34. The van der Waals surface area contributed by atoms with E-state index < -0.39 is 45.7 Å². The van der Waals surface area contributed by atoms with Crippen molar-refractivity contribution < 1.29 is 40.8 Å². The molecule has 7 nitrogen and oxygen atoms in total. The molecule has 13 heteroatoms. The largest absolute Gasteiger partial charge is 0.450 e. The van der Waals surface area contributed by atoms with Crippen molar-refractivity contribution in [3.05, 3.63) is 87.5 Å². The highest BCUT2D eigenvalue weighted by atomic mass is 19.4. The number of rotatable bonds is 6. The molecule has 1 heterocycles. The number of piperidine rings is 1. The predicted molar refractivity (Wildman–Crippen MR) is 135 cm³/mol. The van der Waals surface area contributed by atoms with Gasteiger partial charge in [-0.1, -0.05) is 0 Å². The molecule has 0 unspecified atom stereocenters. The summed E-state index contributed by atoms with van der Waals surface area (Å²) in [5, 5.41) is 13.8. The number of hydrogen-bond acceptors (Lipinski definition) is 5. The van der Waals surface area contributed by atoms with Gasteiger partial charge < -0.3 is 15.0 Å². The minimum Gasteiger partial charge on any atom is -0.450 e. The van der Waals surface area contributed by atoms with Gasteiger partial charge in [-0.15, -0.1) is 0 Å². The number of benzene rings is 3. The van der Waals surface area contributed by atoms with E-state index in [1.54, 1.807) is 0 Å². The molecule has 1 fully saturated rings. The van der Waals surface area contributed by atoms with Gasteiger partial charge in [0.15, 0.2) is 0 Å². The van der Waals surface area contributed by atoms with Crippen LogP contribution >= 0.6 is 0 Å². The lowest BCUT2D eigenvalue weighted by Gasteiger charge is -2.36. The number of amides is 1. The van der Waals surface area contributed by atoms with Crippen LogP contribution in [0.25, 0.3) is 0 Å². The summed E-state index contributed by atoms with van der Waals surface area (Å²) in [6.07, 6.45) is -6.70. The highest BCUT2D eigenvalue weighted by molar-refractivity contribution is 6.06. The number of carbonyl (C=O) groups is 1. The van der Waals surface area contributed by atoms with Crippen LogP contribution in [0.1, 0.15) is 47.7 Å². The summed E-state index contributed by atoms with van der Waals surface area (Å²) in [6, 6.07) is 10.1. The number of halogens is 6. The Labute approximate surface area is 224 Å². The summed E-state index contributed by atoms with van der Waals surface area (Å²) in [7, 11) is 0. The predicted octanol–water partition coefficient (Wildman–Crippen LogP) is 8.06. The van der Waals surface area contributed by atoms with E-state index in [4.69, 9.17) is 4.74 Å². The topological polar surface area (TPSA) is 84.7 Å². The molecule has 0 aliphatic carbocycles. The van der Waals surface area contributed by atoms with Crippen LogP contribution in [-0.2, 0) is 12.4 Å². The molecule has 1 N–H and O–H groups in total. The van der Waals surface area contributed by atoms with E-state index in [0.717, 1.165) is 37.5 Å². The van der Waals surface area contributed by atoms with Gasteiger partial charge in [-0.05, 0) is 80.8 Å². The fourth-order valence-corrected chi connectivity index (χ4v) is 4.44. The zero-order valence-corrected chi connectivity index (χ0v) is 21.0. The number of nitro groups is 1. The van der Waals surface area contributed by atoms with Crippen molar-refractivity contribution in [2.24, 2.45) is 0 Å². The SMILES string of the molecule is C[C@H]1CCCCN1c1ccc(C(F)(F)F)cc1NC(=O)c1ccc(Oc2ccc(C(F)(F)F)cc2[N+](=O)[O-])cc1. The quantitative estimate of drug-likeness (QED) is 0.185. The third kappa shape index (κ3) is 6.46. The molecule has 1 amide bonds. The molecule has 1 aliphatic heterocycles. The molecule has 1 saturated heterocycles. The second-order valence-corrected chi connectivity index (χ2v) is 9.29. The summed E-state index contributed by atoms with van der Waals surface area (Å²) in [6.45, 7) is 2.58. The molecule has 0 radical (unpaired) electrons. The van der Waals surface area contributed by atoms with E-state index >= 15 is 0 Å². The number of nitrogens with zero attached hydrogens (tertiary/aromatic N) is 2. The van der Waals surface area contributed by atoms with Gasteiger partial charge in [-0.25, -0.2) is 0 Å². The van der Waals surface area contributed by atoms with E-state index in [-0.39, 0.29) is 23.0 Å². The van der Waals surface area contributed by atoms with Gasteiger partial charge in [0.25, 0.3) is 5.91 Å². The molecule has 3 aromatic carbocycles. The maximum absolute atomic E-state index is 13.4. The molecular formula is C27H23F6N3O4. The Hall–Kier alpha value is -4.29. The second-order valence-electron chi connectivity index (χ2n) is 9.29. The molecule has 1 atom stereocenters. The van der Waals surface area contributed by atoms with E-state index in [2.05, 4.69) is 5.32 Å². The van der Waals surface area contributed by atoms with Crippen molar-refractivity contribution in [3.8, 4) is 11.5 Å². The standard InChI is InChI=1S/C27H23F6N3O4/c1-16-4-2-3-13-35(16)22-11-7-18(26(28,29)30)14-21(22)34-25(37)17-5-9-20(10-6-17)40-24-12-8-19(27(31,32)33)15-23(24)36(38)39/h5-12,14-16H,2-4,13H2,1H3,(H,34,37)/t16-/m0/s1. The smallest absolute Gasteiger partial charge is 0.416 e.